The van der Waals surface area contributed by atoms with Crippen LogP contribution in [0, 0.1) is 0 Å². The zero-order valence-corrected chi connectivity index (χ0v) is 10.1. The largest absolute Gasteiger partial charge is 0.308 e. The topological polar surface area (TPSA) is 116 Å². The van der Waals surface area contributed by atoms with Crippen molar-refractivity contribution in [2.75, 3.05) is 33.7 Å². The Labute approximate surface area is 99.3 Å². The molecule has 0 aromatic carbocycles. The maximum atomic E-state index is 11.5. The number of nitrogens with zero attached hydrogens (tertiary/aromatic N) is 5. The van der Waals surface area contributed by atoms with Gasteiger partial charge >= 0.3 is 0 Å². The van der Waals surface area contributed by atoms with Crippen molar-refractivity contribution in [2.24, 2.45) is 5.84 Å². The molecule has 1 aromatic heterocycles. The first-order valence-corrected chi connectivity index (χ1v) is 5.22. The standard InChI is InChI=1S/C8H18N8O/c1-15(2)3-4-16(9)8(17)6-10-5-7-11-13-14-12-7/h10H,3-6,9H2,1-2H3,(H,11,12,13,14). The monoisotopic (exact) mass is 242 g/mol. The second kappa shape index (κ2) is 6.89. The van der Waals surface area contributed by atoms with Crippen LogP contribution in [0.4, 0.5) is 0 Å². The Morgan fingerprint density at radius 3 is 2.82 bits per heavy atom. The number of nitrogens with one attached hydrogen (secondary N) is 2. The van der Waals surface area contributed by atoms with Crippen LogP contribution in [0.15, 0.2) is 0 Å². The second-order valence-electron chi connectivity index (χ2n) is 3.82. The highest BCUT2D eigenvalue weighted by atomic mass is 16.2. The highest BCUT2D eigenvalue weighted by molar-refractivity contribution is 5.77. The highest BCUT2D eigenvalue weighted by Crippen LogP contribution is 1.84. The number of carbonyl (C=O) groups excluding carboxylic acids is 1. The molecule has 0 atom stereocenters. The summed E-state index contributed by atoms with van der Waals surface area (Å²) < 4.78 is 0. The van der Waals surface area contributed by atoms with Crippen molar-refractivity contribution in [1.82, 2.24) is 35.8 Å². The molecule has 0 saturated heterocycles. The van der Waals surface area contributed by atoms with Crippen LogP contribution >= 0.6 is 0 Å². The SMILES string of the molecule is CN(C)CCN(N)C(=O)CNCc1nn[nH]n1. The summed E-state index contributed by atoms with van der Waals surface area (Å²) in [7, 11) is 3.85. The first-order chi connectivity index (χ1) is 8.09. The Balaban J connectivity index is 2.15. The minimum Gasteiger partial charge on any atom is -0.308 e. The molecule has 0 fully saturated rings. The highest BCUT2D eigenvalue weighted by Gasteiger charge is 2.09. The molecule has 0 bridgehead atoms. The van der Waals surface area contributed by atoms with Crippen LogP contribution in [-0.4, -0.2) is 70.2 Å². The summed E-state index contributed by atoms with van der Waals surface area (Å²) in [4.78, 5) is 13.5. The average Bonchev–Trinajstić information content (AvgIpc) is 2.78. The smallest absolute Gasteiger partial charge is 0.250 e. The van der Waals surface area contributed by atoms with Crippen LogP contribution in [0.2, 0.25) is 0 Å². The summed E-state index contributed by atoms with van der Waals surface area (Å²) in [5.74, 6) is 5.93. The molecule has 0 aliphatic heterocycles. The van der Waals surface area contributed by atoms with Gasteiger partial charge in [0.25, 0.3) is 0 Å². The number of likely N-dealkylation sites (N-methyl/N-ethyl adjacent to an activating group) is 1. The van der Waals surface area contributed by atoms with E-state index in [0.29, 0.717) is 18.9 Å². The molecule has 1 heterocycles. The summed E-state index contributed by atoms with van der Waals surface area (Å²) in [6.45, 7) is 1.75. The Hall–Kier alpha value is -1.58. The molecular weight excluding hydrogens is 224 g/mol. The Kier molecular flexibility index (Phi) is 5.46. The lowest BCUT2D eigenvalue weighted by Gasteiger charge is -2.19. The minimum atomic E-state index is -0.171. The number of aromatic amines is 1. The van der Waals surface area contributed by atoms with Crippen LogP contribution in [0.1, 0.15) is 5.82 Å². The zero-order chi connectivity index (χ0) is 12.7. The maximum Gasteiger partial charge on any atom is 0.250 e. The Bertz CT molecular complexity index is 324. The van der Waals surface area contributed by atoms with Crippen molar-refractivity contribution in [3.63, 3.8) is 0 Å². The number of hydrogen-bond donors (Lipinski definition) is 3. The molecule has 0 spiro atoms. The molecular formula is C8H18N8O. The van der Waals surface area contributed by atoms with Crippen molar-refractivity contribution in [3.8, 4) is 0 Å². The van der Waals surface area contributed by atoms with Gasteiger partial charge in [-0.05, 0) is 14.1 Å². The maximum absolute atomic E-state index is 11.5. The molecule has 0 radical (unpaired) electrons. The Morgan fingerprint density at radius 2 is 2.24 bits per heavy atom. The number of carbonyl (C=O) groups is 1. The number of rotatable bonds is 7. The third kappa shape index (κ3) is 5.33. The van der Waals surface area contributed by atoms with Gasteiger partial charge in [-0.3, -0.25) is 9.80 Å². The van der Waals surface area contributed by atoms with E-state index in [2.05, 4.69) is 25.9 Å². The lowest BCUT2D eigenvalue weighted by Crippen LogP contribution is -2.45. The van der Waals surface area contributed by atoms with E-state index in [1.165, 1.54) is 5.01 Å². The predicted octanol–water partition coefficient (Wildman–Crippen LogP) is -2.45. The van der Waals surface area contributed by atoms with Crippen molar-refractivity contribution in [1.29, 1.82) is 0 Å². The third-order valence-electron chi connectivity index (χ3n) is 2.06. The van der Waals surface area contributed by atoms with Crippen molar-refractivity contribution in [2.45, 2.75) is 6.54 Å². The number of H-pyrrole nitrogens is 1. The summed E-state index contributed by atoms with van der Waals surface area (Å²) in [6, 6.07) is 0. The van der Waals surface area contributed by atoms with Gasteiger partial charge in [0.05, 0.1) is 13.1 Å². The first kappa shape index (κ1) is 13.5. The fourth-order valence-electron chi connectivity index (χ4n) is 1.07. The summed E-state index contributed by atoms with van der Waals surface area (Å²) >= 11 is 0. The minimum absolute atomic E-state index is 0.151. The zero-order valence-electron chi connectivity index (χ0n) is 10.1. The predicted molar refractivity (Wildman–Crippen MR) is 60.3 cm³/mol. The number of aromatic nitrogens is 4. The van der Waals surface area contributed by atoms with Crippen LogP contribution in [0.3, 0.4) is 0 Å². The molecule has 0 aliphatic rings. The van der Waals surface area contributed by atoms with Gasteiger partial charge in [-0.25, -0.2) is 5.84 Å². The van der Waals surface area contributed by atoms with E-state index >= 15 is 0 Å². The van der Waals surface area contributed by atoms with E-state index in [0.717, 1.165) is 6.54 Å². The second-order valence-corrected chi connectivity index (χ2v) is 3.82. The van der Waals surface area contributed by atoms with Crippen LogP contribution in [0.5, 0.6) is 0 Å². The third-order valence-corrected chi connectivity index (χ3v) is 2.06. The Morgan fingerprint density at radius 1 is 1.47 bits per heavy atom. The van der Waals surface area contributed by atoms with E-state index in [-0.39, 0.29) is 12.5 Å². The van der Waals surface area contributed by atoms with Crippen LogP contribution in [-0.2, 0) is 11.3 Å². The molecule has 4 N–H and O–H groups in total. The van der Waals surface area contributed by atoms with Gasteiger partial charge in [0.15, 0.2) is 5.82 Å². The lowest BCUT2D eigenvalue weighted by atomic mass is 10.4. The van der Waals surface area contributed by atoms with Crippen molar-refractivity contribution in [3.05, 3.63) is 5.82 Å². The van der Waals surface area contributed by atoms with E-state index in [9.17, 15) is 4.79 Å². The number of nitrogens with two attached hydrogens (primary N) is 1. The molecule has 1 aromatic rings. The van der Waals surface area contributed by atoms with Gasteiger partial charge in [0.2, 0.25) is 5.91 Å². The summed E-state index contributed by atoms with van der Waals surface area (Å²) in [6.07, 6.45) is 0. The van der Waals surface area contributed by atoms with E-state index < -0.39 is 0 Å². The number of amides is 1. The lowest BCUT2D eigenvalue weighted by molar-refractivity contribution is -0.130. The van der Waals surface area contributed by atoms with Gasteiger partial charge in [-0.1, -0.05) is 5.21 Å². The quantitative estimate of drug-likeness (QED) is 0.276. The fourth-order valence-corrected chi connectivity index (χ4v) is 1.07. The molecule has 9 nitrogen and oxygen atoms in total. The molecule has 0 unspecified atom stereocenters. The van der Waals surface area contributed by atoms with Crippen LogP contribution in [0.25, 0.3) is 0 Å². The van der Waals surface area contributed by atoms with Gasteiger partial charge in [0.1, 0.15) is 0 Å². The van der Waals surface area contributed by atoms with Crippen molar-refractivity contribution >= 4 is 5.91 Å². The number of hydrogen-bond acceptors (Lipinski definition) is 7. The normalized spacial score (nSPS) is 10.8. The molecule has 1 rings (SSSR count). The van der Waals surface area contributed by atoms with Gasteiger partial charge in [-0.15, -0.1) is 10.2 Å². The fraction of sp³-hybridized carbons (Fsp3) is 0.750. The van der Waals surface area contributed by atoms with Crippen molar-refractivity contribution < 1.29 is 4.79 Å². The molecule has 1 amide bonds. The van der Waals surface area contributed by atoms with Crippen LogP contribution < -0.4 is 11.2 Å². The molecule has 17 heavy (non-hydrogen) atoms. The summed E-state index contributed by atoms with van der Waals surface area (Å²) in [5.41, 5.74) is 0. The van der Waals surface area contributed by atoms with Gasteiger partial charge < -0.3 is 10.2 Å². The number of hydrazine groups is 1. The summed E-state index contributed by atoms with van der Waals surface area (Å²) in [5, 5.41) is 17.3. The number of tetrazole rings is 1. The van der Waals surface area contributed by atoms with Gasteiger partial charge in [-0.2, -0.15) is 5.21 Å². The molecule has 9 heteroatoms. The van der Waals surface area contributed by atoms with E-state index in [1.54, 1.807) is 0 Å². The van der Waals surface area contributed by atoms with E-state index in [4.69, 9.17) is 5.84 Å². The average molecular weight is 242 g/mol. The molecule has 0 aliphatic carbocycles. The van der Waals surface area contributed by atoms with Gasteiger partial charge in [0, 0.05) is 13.1 Å². The first-order valence-electron chi connectivity index (χ1n) is 5.22. The van der Waals surface area contributed by atoms with E-state index in [1.807, 2.05) is 19.0 Å². The molecule has 96 valence electrons. The molecule has 0 saturated carbocycles.